The van der Waals surface area contributed by atoms with Gasteiger partial charge in [0.05, 0.1) is 0 Å². The van der Waals surface area contributed by atoms with Crippen LogP contribution in [0.3, 0.4) is 0 Å². The maximum atomic E-state index is 10.6. The molecule has 1 atom stereocenters. The Hall–Kier alpha value is -2.42. The molecule has 0 fully saturated rings. The van der Waals surface area contributed by atoms with E-state index < -0.39 is 12.1 Å². The zero-order chi connectivity index (χ0) is 24.0. The second-order valence-electron chi connectivity index (χ2n) is 7.92. The minimum absolute atomic E-state index is 0.0299. The second kappa shape index (κ2) is 14.6. The van der Waals surface area contributed by atoms with Crippen molar-refractivity contribution in [2.75, 3.05) is 0 Å². The zero-order valence-electron chi connectivity index (χ0n) is 18.8. The van der Waals surface area contributed by atoms with Gasteiger partial charge in [0.15, 0.2) is 0 Å². The minimum Gasteiger partial charge on any atom is -0.475 e. The predicted octanol–water partition coefficient (Wildman–Crippen LogP) is 5.94. The summed E-state index contributed by atoms with van der Waals surface area (Å²) in [6.07, 6.45) is 7.56. The number of carbonyl (C=O) groups is 1. The molecule has 0 amide bonds. The van der Waals surface area contributed by atoms with Crippen molar-refractivity contribution in [2.45, 2.75) is 90.3 Å². The van der Waals surface area contributed by atoms with Gasteiger partial charge in [0.1, 0.15) is 0 Å². The van der Waals surface area contributed by atoms with Crippen LogP contribution in [0.4, 0.5) is 13.2 Å². The van der Waals surface area contributed by atoms with Crippen LogP contribution in [0.25, 0.3) is 11.4 Å². The standard InChI is InChI=1S/C21H33N3O.C2HF3O2/c1-3-4-5-6-7-8-9-10-11-18-12-14-19(15-13-18)21-23-20(25-24-21)16-17(2)22;3-2(4,5)1(6)7/h12-15,17H,3-11,16,22H2,1-2H3;(H,6,7). The van der Waals surface area contributed by atoms with Gasteiger partial charge in [-0.05, 0) is 25.3 Å². The van der Waals surface area contributed by atoms with Crippen molar-refractivity contribution in [3.8, 4) is 11.4 Å². The number of halogens is 3. The van der Waals surface area contributed by atoms with E-state index in [1.165, 1.54) is 56.9 Å². The Kier molecular flexibility index (Phi) is 12.6. The van der Waals surface area contributed by atoms with Crippen molar-refractivity contribution in [3.05, 3.63) is 35.7 Å². The summed E-state index contributed by atoms with van der Waals surface area (Å²) >= 11 is 0. The largest absolute Gasteiger partial charge is 0.490 e. The molecule has 1 aromatic heterocycles. The quantitative estimate of drug-likeness (QED) is 0.382. The van der Waals surface area contributed by atoms with Gasteiger partial charge in [-0.1, -0.05) is 81.3 Å². The van der Waals surface area contributed by atoms with Crippen LogP contribution in [0.1, 0.15) is 76.7 Å². The van der Waals surface area contributed by atoms with Crippen molar-refractivity contribution in [1.29, 1.82) is 0 Å². The molecule has 32 heavy (non-hydrogen) atoms. The van der Waals surface area contributed by atoms with Crippen LogP contribution in [0.2, 0.25) is 0 Å². The van der Waals surface area contributed by atoms with E-state index in [9.17, 15) is 13.2 Å². The predicted molar refractivity (Wildman–Crippen MR) is 117 cm³/mol. The lowest BCUT2D eigenvalue weighted by molar-refractivity contribution is -0.192. The number of unbranched alkanes of at least 4 members (excludes halogenated alkanes) is 7. The number of carboxylic acid groups (broad SMARTS) is 1. The second-order valence-corrected chi connectivity index (χ2v) is 7.92. The van der Waals surface area contributed by atoms with Gasteiger partial charge in [0.2, 0.25) is 11.7 Å². The van der Waals surface area contributed by atoms with Gasteiger partial charge in [-0.15, -0.1) is 0 Å². The summed E-state index contributed by atoms with van der Waals surface area (Å²) in [5.41, 5.74) is 8.15. The lowest BCUT2D eigenvalue weighted by Gasteiger charge is -2.03. The van der Waals surface area contributed by atoms with Gasteiger partial charge >= 0.3 is 12.1 Å². The van der Waals surface area contributed by atoms with E-state index in [4.69, 9.17) is 20.2 Å². The first kappa shape index (κ1) is 27.6. The van der Waals surface area contributed by atoms with Gasteiger partial charge < -0.3 is 15.4 Å². The average Bonchev–Trinajstić information content (AvgIpc) is 3.18. The number of aromatic nitrogens is 2. The highest BCUT2D eigenvalue weighted by Crippen LogP contribution is 2.18. The molecule has 1 aromatic carbocycles. The van der Waals surface area contributed by atoms with Crippen LogP contribution < -0.4 is 5.73 Å². The third kappa shape index (κ3) is 11.8. The molecule has 0 bridgehead atoms. The molecule has 1 heterocycles. The number of alkyl halides is 3. The molecule has 0 aliphatic rings. The minimum atomic E-state index is -5.08. The highest BCUT2D eigenvalue weighted by molar-refractivity contribution is 5.73. The number of benzene rings is 1. The topological polar surface area (TPSA) is 102 Å². The van der Waals surface area contributed by atoms with Crippen molar-refractivity contribution < 1.29 is 27.6 Å². The molecule has 2 aromatic rings. The molecule has 180 valence electrons. The van der Waals surface area contributed by atoms with Gasteiger partial charge in [-0.2, -0.15) is 18.2 Å². The van der Waals surface area contributed by atoms with Crippen molar-refractivity contribution >= 4 is 5.97 Å². The lowest BCUT2D eigenvalue weighted by atomic mass is 10.0. The van der Waals surface area contributed by atoms with E-state index in [0.29, 0.717) is 18.1 Å². The van der Waals surface area contributed by atoms with Crippen LogP contribution >= 0.6 is 0 Å². The Morgan fingerprint density at radius 1 is 1.06 bits per heavy atom. The maximum Gasteiger partial charge on any atom is 0.490 e. The molecule has 0 radical (unpaired) electrons. The molecule has 0 saturated carbocycles. The number of aryl methyl sites for hydroxylation is 1. The Labute approximate surface area is 187 Å². The summed E-state index contributed by atoms with van der Waals surface area (Å²) in [5, 5.41) is 11.2. The normalized spacial score (nSPS) is 12.2. The number of carboxylic acids is 1. The first-order chi connectivity index (χ1) is 15.1. The number of hydrogen-bond donors (Lipinski definition) is 2. The smallest absolute Gasteiger partial charge is 0.475 e. The zero-order valence-corrected chi connectivity index (χ0v) is 18.8. The molecule has 0 saturated heterocycles. The molecule has 2 rings (SSSR count). The van der Waals surface area contributed by atoms with Crippen LogP contribution in [-0.2, 0) is 17.6 Å². The monoisotopic (exact) mass is 457 g/mol. The van der Waals surface area contributed by atoms with Crippen molar-refractivity contribution in [1.82, 2.24) is 10.1 Å². The number of aliphatic carboxylic acids is 1. The van der Waals surface area contributed by atoms with E-state index in [0.717, 1.165) is 12.0 Å². The molecule has 0 spiro atoms. The van der Waals surface area contributed by atoms with Gasteiger partial charge in [-0.25, -0.2) is 4.79 Å². The summed E-state index contributed by atoms with van der Waals surface area (Å²) in [7, 11) is 0. The summed E-state index contributed by atoms with van der Waals surface area (Å²) in [4.78, 5) is 13.3. The molecular weight excluding hydrogens is 423 g/mol. The third-order valence-electron chi connectivity index (χ3n) is 4.74. The van der Waals surface area contributed by atoms with Gasteiger partial charge in [0.25, 0.3) is 0 Å². The number of nitrogens with two attached hydrogens (primary N) is 1. The van der Waals surface area contributed by atoms with E-state index in [-0.39, 0.29) is 6.04 Å². The molecule has 0 aliphatic carbocycles. The highest BCUT2D eigenvalue weighted by Gasteiger charge is 2.38. The van der Waals surface area contributed by atoms with Gasteiger partial charge in [-0.3, -0.25) is 0 Å². The molecule has 1 unspecified atom stereocenters. The first-order valence-electron chi connectivity index (χ1n) is 11.1. The molecule has 6 nitrogen and oxygen atoms in total. The van der Waals surface area contributed by atoms with E-state index in [1.807, 2.05) is 6.92 Å². The van der Waals surface area contributed by atoms with Crippen molar-refractivity contribution in [3.63, 3.8) is 0 Å². The van der Waals surface area contributed by atoms with E-state index >= 15 is 0 Å². The molecule has 3 N–H and O–H groups in total. The van der Waals surface area contributed by atoms with Crippen LogP contribution in [0, 0.1) is 0 Å². The first-order valence-corrected chi connectivity index (χ1v) is 11.1. The SMILES string of the molecule is CCCCCCCCCCc1ccc(-c2noc(CC(C)N)n2)cc1.O=C(O)C(F)(F)F. The van der Waals surface area contributed by atoms with Crippen LogP contribution in [0.5, 0.6) is 0 Å². The average molecular weight is 458 g/mol. The van der Waals surface area contributed by atoms with Crippen LogP contribution in [0.15, 0.2) is 28.8 Å². The van der Waals surface area contributed by atoms with E-state index in [2.05, 4.69) is 41.3 Å². The lowest BCUT2D eigenvalue weighted by Crippen LogP contribution is -2.21. The summed E-state index contributed by atoms with van der Waals surface area (Å²) < 4.78 is 37.0. The Morgan fingerprint density at radius 2 is 1.59 bits per heavy atom. The Balaban J connectivity index is 0.000000633. The number of nitrogens with zero attached hydrogens (tertiary/aromatic N) is 2. The Bertz CT molecular complexity index is 775. The summed E-state index contributed by atoms with van der Waals surface area (Å²) in [6.45, 7) is 4.20. The fourth-order valence-electron chi connectivity index (χ4n) is 3.01. The fraction of sp³-hybridized carbons (Fsp3) is 0.609. The Morgan fingerprint density at radius 3 is 2.09 bits per heavy atom. The third-order valence-corrected chi connectivity index (χ3v) is 4.74. The number of rotatable bonds is 12. The molecule has 9 heteroatoms. The molecular formula is C23H34F3N3O3. The summed E-state index contributed by atoms with van der Waals surface area (Å²) in [5.74, 6) is -1.50. The highest BCUT2D eigenvalue weighted by atomic mass is 19.4. The molecule has 0 aliphatic heterocycles. The number of hydrogen-bond acceptors (Lipinski definition) is 5. The van der Waals surface area contributed by atoms with Crippen molar-refractivity contribution in [2.24, 2.45) is 5.73 Å². The van der Waals surface area contributed by atoms with Gasteiger partial charge in [0, 0.05) is 18.0 Å². The maximum absolute atomic E-state index is 10.6. The van der Waals surface area contributed by atoms with Crippen LogP contribution in [-0.4, -0.2) is 33.4 Å². The van der Waals surface area contributed by atoms with E-state index in [1.54, 1.807) is 0 Å². The fourth-order valence-corrected chi connectivity index (χ4v) is 3.01. The summed E-state index contributed by atoms with van der Waals surface area (Å²) in [6, 6.07) is 8.56.